The van der Waals surface area contributed by atoms with Gasteiger partial charge in [0.25, 0.3) is 5.91 Å². The Hall–Kier alpha value is -2.80. The number of benzene rings is 2. The van der Waals surface area contributed by atoms with Crippen molar-refractivity contribution in [3.63, 3.8) is 0 Å². The largest absolute Gasteiger partial charge is 0.493 e. The first-order valence-corrected chi connectivity index (χ1v) is 8.36. The van der Waals surface area contributed by atoms with Crippen LogP contribution in [0.5, 0.6) is 17.2 Å². The number of nitrogens with one attached hydrogen (secondary N) is 1. The molecule has 1 N–H and O–H groups in total. The van der Waals surface area contributed by atoms with Crippen LogP contribution in [0, 0.1) is 6.92 Å². The molecule has 0 unspecified atom stereocenters. The maximum atomic E-state index is 12.7. The topological polar surface area (TPSA) is 69.7 Å². The second kappa shape index (κ2) is 6.98. The Balaban J connectivity index is 1.94. The van der Waals surface area contributed by atoms with Gasteiger partial charge >= 0.3 is 0 Å². The molecule has 1 amide bonds. The summed E-state index contributed by atoms with van der Waals surface area (Å²) in [6.07, 6.45) is 0. The molecule has 130 valence electrons. The molecule has 0 aliphatic heterocycles. The molecule has 2 aromatic carbocycles. The molecule has 25 heavy (non-hydrogen) atoms. The number of thiazole rings is 1. The second-order valence-electron chi connectivity index (χ2n) is 5.25. The predicted molar refractivity (Wildman–Crippen MR) is 98.4 cm³/mol. The highest BCUT2D eigenvalue weighted by molar-refractivity contribution is 7.18. The molecule has 3 rings (SSSR count). The third kappa shape index (κ3) is 3.23. The molecule has 0 aliphatic carbocycles. The lowest BCUT2D eigenvalue weighted by atomic mass is 10.1. The molecule has 0 radical (unpaired) electrons. The van der Waals surface area contributed by atoms with E-state index in [-0.39, 0.29) is 5.91 Å². The van der Waals surface area contributed by atoms with Gasteiger partial charge in [0.1, 0.15) is 0 Å². The summed E-state index contributed by atoms with van der Waals surface area (Å²) in [4.78, 5) is 17.1. The van der Waals surface area contributed by atoms with Crippen molar-refractivity contribution in [1.29, 1.82) is 0 Å². The Morgan fingerprint density at radius 2 is 1.80 bits per heavy atom. The number of ether oxygens (including phenoxy) is 3. The van der Waals surface area contributed by atoms with Gasteiger partial charge in [-0.2, -0.15) is 0 Å². The summed E-state index contributed by atoms with van der Waals surface area (Å²) < 4.78 is 17.0. The van der Waals surface area contributed by atoms with E-state index in [1.54, 1.807) is 23.5 Å². The average Bonchev–Trinajstić information content (AvgIpc) is 2.99. The lowest BCUT2D eigenvalue weighted by Crippen LogP contribution is -2.14. The number of fused-ring (bicyclic) bond motifs is 1. The summed E-state index contributed by atoms with van der Waals surface area (Å²) >= 11 is 1.58. The highest BCUT2D eigenvalue weighted by Crippen LogP contribution is 2.40. The predicted octanol–water partition coefficient (Wildman–Crippen LogP) is 3.88. The number of aromatic nitrogens is 1. The molecular weight excluding hydrogens is 340 g/mol. The number of anilines is 1. The summed E-state index contributed by atoms with van der Waals surface area (Å²) in [5.74, 6) is 0.913. The van der Waals surface area contributed by atoms with Crippen molar-refractivity contribution in [3.05, 3.63) is 40.9 Å². The number of nitrogens with zero attached hydrogens (tertiary/aromatic N) is 1. The number of hydrogen-bond donors (Lipinski definition) is 1. The minimum absolute atomic E-state index is 0.293. The van der Waals surface area contributed by atoms with Gasteiger partial charge in [-0.25, -0.2) is 4.98 Å². The number of hydrogen-bond acceptors (Lipinski definition) is 6. The van der Waals surface area contributed by atoms with E-state index in [0.29, 0.717) is 28.5 Å². The van der Waals surface area contributed by atoms with Gasteiger partial charge in [-0.05, 0) is 37.3 Å². The zero-order valence-electron chi connectivity index (χ0n) is 14.4. The lowest BCUT2D eigenvalue weighted by molar-refractivity contribution is 0.102. The summed E-state index contributed by atoms with van der Waals surface area (Å²) in [6, 6.07) is 8.94. The first-order chi connectivity index (χ1) is 12.1. The van der Waals surface area contributed by atoms with E-state index in [9.17, 15) is 4.79 Å². The van der Waals surface area contributed by atoms with Crippen molar-refractivity contribution in [2.24, 2.45) is 0 Å². The standard InChI is InChI=1S/C18H18N2O4S/c1-10-19-13-7-5-11(9-15(13)25-10)20-18(21)12-6-8-14(22-2)17(24-4)16(12)23-3/h5-9H,1-4H3,(H,20,21). The second-order valence-corrected chi connectivity index (χ2v) is 6.49. The number of rotatable bonds is 5. The van der Waals surface area contributed by atoms with E-state index in [0.717, 1.165) is 15.2 Å². The quantitative estimate of drug-likeness (QED) is 0.749. The van der Waals surface area contributed by atoms with Crippen molar-refractivity contribution in [1.82, 2.24) is 4.98 Å². The van der Waals surface area contributed by atoms with Crippen molar-refractivity contribution < 1.29 is 19.0 Å². The van der Waals surface area contributed by atoms with Crippen LogP contribution in [0.4, 0.5) is 5.69 Å². The highest BCUT2D eigenvalue weighted by Gasteiger charge is 2.20. The first-order valence-electron chi connectivity index (χ1n) is 7.55. The lowest BCUT2D eigenvalue weighted by Gasteiger charge is -2.15. The molecule has 0 atom stereocenters. The van der Waals surface area contributed by atoms with Crippen LogP contribution >= 0.6 is 11.3 Å². The van der Waals surface area contributed by atoms with Crippen molar-refractivity contribution in [2.75, 3.05) is 26.6 Å². The minimum atomic E-state index is -0.293. The van der Waals surface area contributed by atoms with Crippen LogP contribution in [-0.2, 0) is 0 Å². The number of carbonyl (C=O) groups is 1. The molecule has 6 nitrogen and oxygen atoms in total. The van der Waals surface area contributed by atoms with Crippen LogP contribution in [0.25, 0.3) is 10.2 Å². The molecule has 0 saturated heterocycles. The van der Waals surface area contributed by atoms with Crippen molar-refractivity contribution >= 4 is 33.1 Å². The van der Waals surface area contributed by atoms with Crippen LogP contribution in [0.3, 0.4) is 0 Å². The Kier molecular flexibility index (Phi) is 4.76. The summed E-state index contributed by atoms with van der Waals surface area (Å²) in [6.45, 7) is 1.96. The molecule has 0 saturated carbocycles. The van der Waals surface area contributed by atoms with Gasteiger partial charge in [-0.15, -0.1) is 11.3 Å². The molecule has 1 heterocycles. The Morgan fingerprint density at radius 1 is 1.04 bits per heavy atom. The van der Waals surface area contributed by atoms with Gasteiger partial charge < -0.3 is 19.5 Å². The molecule has 0 bridgehead atoms. The fraction of sp³-hybridized carbons (Fsp3) is 0.222. The average molecular weight is 358 g/mol. The zero-order valence-corrected chi connectivity index (χ0v) is 15.2. The molecule has 1 aromatic heterocycles. The van der Waals surface area contributed by atoms with Gasteiger partial charge in [0.05, 0.1) is 42.1 Å². The Bertz CT molecular complexity index is 936. The van der Waals surface area contributed by atoms with Gasteiger partial charge in [-0.1, -0.05) is 0 Å². The van der Waals surface area contributed by atoms with Gasteiger partial charge in [0.15, 0.2) is 11.5 Å². The fourth-order valence-corrected chi connectivity index (χ4v) is 3.46. The van der Waals surface area contributed by atoms with Crippen LogP contribution in [0.1, 0.15) is 15.4 Å². The number of aryl methyl sites for hydroxylation is 1. The maximum absolute atomic E-state index is 12.7. The van der Waals surface area contributed by atoms with Gasteiger partial charge in [0.2, 0.25) is 5.75 Å². The van der Waals surface area contributed by atoms with E-state index in [2.05, 4.69) is 10.3 Å². The summed E-state index contributed by atoms with van der Waals surface area (Å²) in [7, 11) is 4.52. The van der Waals surface area contributed by atoms with E-state index in [4.69, 9.17) is 14.2 Å². The van der Waals surface area contributed by atoms with Crippen molar-refractivity contribution in [2.45, 2.75) is 6.92 Å². The zero-order chi connectivity index (χ0) is 18.0. The highest BCUT2D eigenvalue weighted by atomic mass is 32.1. The van der Waals surface area contributed by atoms with Crippen LogP contribution in [0.2, 0.25) is 0 Å². The van der Waals surface area contributed by atoms with Crippen molar-refractivity contribution in [3.8, 4) is 17.2 Å². The van der Waals surface area contributed by atoms with Crippen LogP contribution in [0.15, 0.2) is 30.3 Å². The van der Waals surface area contributed by atoms with Gasteiger partial charge in [-0.3, -0.25) is 4.79 Å². The molecule has 7 heteroatoms. The van der Waals surface area contributed by atoms with Crippen LogP contribution < -0.4 is 19.5 Å². The van der Waals surface area contributed by atoms with E-state index in [1.165, 1.54) is 21.3 Å². The SMILES string of the molecule is COc1ccc(C(=O)Nc2ccc3nc(C)sc3c2)c(OC)c1OC. The normalized spacial score (nSPS) is 10.6. The number of methoxy groups -OCH3 is 3. The molecule has 0 fully saturated rings. The third-order valence-corrected chi connectivity index (χ3v) is 4.64. The monoisotopic (exact) mass is 358 g/mol. The van der Waals surface area contributed by atoms with E-state index in [1.807, 2.05) is 25.1 Å². The van der Waals surface area contributed by atoms with Crippen LogP contribution in [-0.4, -0.2) is 32.2 Å². The van der Waals surface area contributed by atoms with Gasteiger partial charge in [0, 0.05) is 5.69 Å². The third-order valence-electron chi connectivity index (χ3n) is 3.70. The first kappa shape index (κ1) is 17.0. The maximum Gasteiger partial charge on any atom is 0.259 e. The Labute approximate surface area is 149 Å². The molecule has 3 aromatic rings. The Morgan fingerprint density at radius 3 is 2.48 bits per heavy atom. The smallest absolute Gasteiger partial charge is 0.259 e. The summed E-state index contributed by atoms with van der Waals surface area (Å²) in [5, 5.41) is 3.87. The van der Waals surface area contributed by atoms with E-state index < -0.39 is 0 Å². The van der Waals surface area contributed by atoms with E-state index >= 15 is 0 Å². The molecular formula is C18H18N2O4S. The summed E-state index contributed by atoms with van der Waals surface area (Å²) in [5.41, 5.74) is 1.97. The fourth-order valence-electron chi connectivity index (χ4n) is 2.60. The number of amides is 1. The minimum Gasteiger partial charge on any atom is -0.493 e. The number of carbonyl (C=O) groups excluding carboxylic acids is 1. The molecule has 0 spiro atoms. The molecule has 0 aliphatic rings.